The van der Waals surface area contributed by atoms with Crippen LogP contribution in [0.3, 0.4) is 0 Å². The van der Waals surface area contributed by atoms with Gasteiger partial charge >= 0.3 is 6.09 Å². The zero-order valence-corrected chi connectivity index (χ0v) is 60.4. The number of thiophene rings is 1. The molecule has 12 heterocycles. The molecular formula is C71H87ClN26O4S2. The maximum absolute atomic E-state index is 12.3. The standard InChI is InChI=1S/C22H26N6O2.C18H23N7.C17H18N6.C14H14ClN7O2S2.3H2/c1-5-14-13-23-19(16-8-10-28(11-9-16)21(29)30-22(2,3)4)25-20(14)24-18-12-17(26-27-18)15-6-7-15;1-3-13-12-19-18(25-8-4-7-24(2)9-10-25)21-17(13)20-16-11-15(22-23-16)14-5-6-14;1-2-11-10-19-16(13-5-7-18-8-6-13)21-17(11)20-15-9-14(22-23-15)12-3-4-12;15-8-6-17-14(10-3-4-12(25-10)26(23,24)22-16)19-13(8)18-11-5-9(20-21-11)7-1-2-7;;;/h1,8,12-13,15H,6-7,9-11H2,2-4H3,(H2,23,24,25,26,27);1,11-12,14H,4-10H2,2H3,(H2,19,20,21,22,23);1,5,9-10,12,18H,3-4,6-8H2,(H2,19,20,21,22,23);3-7,22H,1-2,16H2,(H2,17,18,19,20,21);3*1H. The molecule has 0 atom stereocenters. The molecule has 1 amide bonds. The van der Waals surface area contributed by atoms with Crippen LogP contribution in [0.15, 0.2) is 77.5 Å². The van der Waals surface area contributed by atoms with Crippen molar-refractivity contribution in [2.75, 3.05) is 85.6 Å². The van der Waals surface area contributed by atoms with Crippen LogP contribution in [0.5, 0.6) is 0 Å². The number of terminal acetylenes is 3. The summed E-state index contributed by atoms with van der Waals surface area (Å²) >= 11 is 7.18. The number of anilines is 9. The van der Waals surface area contributed by atoms with E-state index in [0.717, 1.165) is 109 Å². The van der Waals surface area contributed by atoms with Crippen molar-refractivity contribution in [3.8, 4) is 47.7 Å². The number of amides is 1. The maximum atomic E-state index is 12.3. The number of nitrogens with one attached hydrogen (secondary N) is 10. The van der Waals surface area contributed by atoms with Crippen LogP contribution in [0.1, 0.15) is 170 Å². The smallest absolute Gasteiger partial charge is 0.410 e. The third-order valence-electron chi connectivity index (χ3n) is 17.7. The SMILES string of the molecule is C#Cc1cnc(C2=CCN(C(=O)OC(C)(C)C)CC2)nc1Nc1cc(C2CC2)[nH]n1.C#Cc1cnc(C2=CCNCC2)nc1Nc1cc(C2CC2)[nH]n1.C#Cc1cnc(N2CCCN(C)CC2)nc1Nc1cc(C2CC2)[nH]n1.NNS(=O)(=O)c1ccc(-c2ncc(Cl)c(Nc3cc(C4CC4)[nH]n3)n2)s1.[HH].[HH].[HH]. The van der Waals surface area contributed by atoms with Gasteiger partial charge in [0.2, 0.25) is 5.95 Å². The maximum Gasteiger partial charge on any atom is 0.410 e. The van der Waals surface area contributed by atoms with Gasteiger partial charge in [-0.15, -0.1) is 35.4 Å². The molecule has 0 radical (unpaired) electrons. The molecule has 0 spiro atoms. The molecule has 3 aliphatic heterocycles. The number of likely N-dealkylation sites (N-methyl/N-ethyl adjacent to an activating group) is 1. The number of hydrogen-bond acceptors (Lipinski definition) is 25. The molecule has 5 fully saturated rings. The van der Waals surface area contributed by atoms with Gasteiger partial charge in [0.25, 0.3) is 10.0 Å². The summed E-state index contributed by atoms with van der Waals surface area (Å²) in [6.07, 6.45) is 39.4. The number of carbonyl (C=O) groups excluding carboxylic acids is 1. The van der Waals surface area contributed by atoms with Crippen molar-refractivity contribution in [3.63, 3.8) is 0 Å². The van der Waals surface area contributed by atoms with E-state index in [1.807, 2.05) is 51.1 Å². The Morgan fingerprint density at radius 2 is 1.11 bits per heavy atom. The van der Waals surface area contributed by atoms with Crippen LogP contribution in [0, 0.1) is 37.0 Å². The second-order valence-electron chi connectivity index (χ2n) is 27.1. The van der Waals surface area contributed by atoms with E-state index >= 15 is 0 Å². The monoisotopic (exact) mass is 1470 g/mol. The summed E-state index contributed by atoms with van der Waals surface area (Å²) in [5.74, 6) is 22.7. The molecule has 33 heteroatoms. The van der Waals surface area contributed by atoms with Gasteiger partial charge in [0.05, 0.1) is 34.0 Å². The van der Waals surface area contributed by atoms with Crippen molar-refractivity contribution in [2.45, 2.75) is 125 Å². The first kappa shape index (κ1) is 71.8. The van der Waals surface area contributed by atoms with Crippen LogP contribution in [-0.4, -0.2) is 170 Å². The number of nitrogens with two attached hydrogens (primary N) is 1. The summed E-state index contributed by atoms with van der Waals surface area (Å²) in [6, 6.07) is 11.1. The first-order valence-corrected chi connectivity index (χ1v) is 37.2. The predicted molar refractivity (Wildman–Crippen MR) is 407 cm³/mol. The lowest BCUT2D eigenvalue weighted by Gasteiger charge is -2.29. The van der Waals surface area contributed by atoms with E-state index in [-0.39, 0.29) is 14.6 Å². The van der Waals surface area contributed by atoms with Crippen molar-refractivity contribution >= 4 is 103 Å². The number of nitrogens with zero attached hydrogens (tertiary/aromatic N) is 15. The zero-order valence-electron chi connectivity index (χ0n) is 58.0. The Kier molecular flexibility index (Phi) is 22.0. The lowest BCUT2D eigenvalue weighted by Crippen LogP contribution is -2.39. The van der Waals surface area contributed by atoms with E-state index in [4.69, 9.17) is 41.5 Å². The molecule has 9 aromatic heterocycles. The van der Waals surface area contributed by atoms with Gasteiger partial charge in [-0.25, -0.2) is 48.1 Å². The average Bonchev–Trinajstić information content (AvgIpc) is 1.73. The molecule has 104 heavy (non-hydrogen) atoms. The molecule has 1 saturated heterocycles. The highest BCUT2D eigenvalue weighted by Crippen LogP contribution is 2.43. The summed E-state index contributed by atoms with van der Waals surface area (Å²) < 4.78 is 29.0. The Morgan fingerprint density at radius 1 is 0.625 bits per heavy atom. The quantitative estimate of drug-likeness (QED) is 0.0216. The number of halogens is 1. The number of sulfonamides is 1. The van der Waals surface area contributed by atoms with Crippen LogP contribution in [0.4, 0.5) is 57.3 Å². The Hall–Kier alpha value is -10.6. The normalized spacial score (nSPS) is 16.8. The summed E-state index contributed by atoms with van der Waals surface area (Å²) in [4.78, 5) is 56.6. The fraction of sp³-hybridized carbons (Fsp3) is 0.394. The molecule has 4 saturated carbocycles. The molecule has 4 aliphatic carbocycles. The minimum atomic E-state index is -3.72. The molecule has 0 bridgehead atoms. The van der Waals surface area contributed by atoms with Crippen LogP contribution in [0.25, 0.3) is 21.8 Å². The number of rotatable bonds is 18. The molecule has 0 unspecified atom stereocenters. The fourth-order valence-electron chi connectivity index (χ4n) is 11.4. The minimum absolute atomic E-state index is 0. The molecule has 30 nitrogen and oxygen atoms in total. The predicted octanol–water partition coefficient (Wildman–Crippen LogP) is 11.0. The zero-order chi connectivity index (χ0) is 72.5. The van der Waals surface area contributed by atoms with Crippen molar-refractivity contribution in [1.82, 2.24) is 101 Å². The van der Waals surface area contributed by atoms with Gasteiger partial charge in [-0.05, 0) is 135 Å². The Labute approximate surface area is 615 Å². The number of ether oxygens (including phenoxy) is 1. The van der Waals surface area contributed by atoms with Crippen molar-refractivity contribution in [2.24, 2.45) is 5.84 Å². The first-order chi connectivity index (χ1) is 50.3. The lowest BCUT2D eigenvalue weighted by molar-refractivity contribution is 0.0270. The number of H-pyrrole nitrogens is 4. The van der Waals surface area contributed by atoms with Crippen LogP contribution >= 0.6 is 22.9 Å². The van der Waals surface area contributed by atoms with Gasteiger partial charge in [0.1, 0.15) is 14.8 Å². The van der Waals surface area contributed by atoms with E-state index in [1.54, 1.807) is 34.4 Å². The van der Waals surface area contributed by atoms with Crippen LogP contribution in [0.2, 0.25) is 5.02 Å². The van der Waals surface area contributed by atoms with Gasteiger partial charge in [0, 0.05) is 127 Å². The van der Waals surface area contributed by atoms with Crippen molar-refractivity contribution in [3.05, 3.63) is 129 Å². The Bertz CT molecular complexity index is 4900. The van der Waals surface area contributed by atoms with Gasteiger partial charge in [0.15, 0.2) is 64.0 Å². The van der Waals surface area contributed by atoms with Crippen LogP contribution < -0.4 is 42.2 Å². The fourth-order valence-corrected chi connectivity index (χ4v) is 13.4. The summed E-state index contributed by atoms with van der Waals surface area (Å²) in [5.41, 5.74) is 8.03. The van der Waals surface area contributed by atoms with Crippen molar-refractivity contribution in [1.29, 1.82) is 0 Å². The summed E-state index contributed by atoms with van der Waals surface area (Å²) in [6.45, 7) is 12.4. The summed E-state index contributed by atoms with van der Waals surface area (Å²) in [5, 5.41) is 45.8. The number of aromatic amines is 4. The third-order valence-corrected chi connectivity index (χ3v) is 20.8. The highest BCUT2D eigenvalue weighted by Gasteiger charge is 2.31. The first-order valence-electron chi connectivity index (χ1n) is 34.5. The van der Waals surface area contributed by atoms with Gasteiger partial charge < -0.3 is 46.0 Å². The highest BCUT2D eigenvalue weighted by atomic mass is 35.5. The Morgan fingerprint density at radius 3 is 1.57 bits per heavy atom. The van der Waals surface area contributed by atoms with Crippen molar-refractivity contribution < 1.29 is 22.2 Å². The average molecular weight is 1470 g/mol. The van der Waals surface area contributed by atoms with E-state index < -0.39 is 15.6 Å². The second kappa shape index (κ2) is 31.9. The third kappa shape index (κ3) is 18.8. The number of carbonyl (C=O) groups is 1. The number of hydrogen-bond donors (Lipinski definition) is 11. The second-order valence-corrected chi connectivity index (χ2v) is 30.5. The van der Waals surface area contributed by atoms with Gasteiger partial charge in [-0.2, -0.15) is 25.4 Å². The molecule has 16 rings (SSSR count). The van der Waals surface area contributed by atoms with Gasteiger partial charge in [-0.3, -0.25) is 26.2 Å². The topological polar surface area (TPSA) is 386 Å². The molecule has 7 aliphatic rings. The van der Waals surface area contributed by atoms with E-state index in [1.165, 1.54) is 75.0 Å². The molecule has 9 aromatic rings. The number of hydrazine groups is 1. The highest BCUT2D eigenvalue weighted by molar-refractivity contribution is 7.91. The Balaban J connectivity index is 0.000000152. The van der Waals surface area contributed by atoms with E-state index in [2.05, 4.69) is 148 Å². The van der Waals surface area contributed by atoms with E-state index in [9.17, 15) is 13.2 Å². The van der Waals surface area contributed by atoms with Crippen LogP contribution in [-0.2, 0) is 14.8 Å². The molecule has 12 N–H and O–H groups in total. The number of aromatic nitrogens is 16. The van der Waals surface area contributed by atoms with E-state index in [0.29, 0.717) is 116 Å². The largest absolute Gasteiger partial charge is 0.444 e. The molecular weight excluding hydrogens is 1380 g/mol. The molecule has 0 aromatic carbocycles. The molecule has 544 valence electrons. The minimum Gasteiger partial charge on any atom is -0.444 e. The van der Waals surface area contributed by atoms with Gasteiger partial charge in [-0.1, -0.05) is 41.5 Å². The summed E-state index contributed by atoms with van der Waals surface area (Å²) in [7, 11) is -1.57. The lowest BCUT2D eigenvalue weighted by atomic mass is 10.1.